The van der Waals surface area contributed by atoms with Crippen LogP contribution in [-0.2, 0) is 13.0 Å². The molecule has 3 heterocycles. The molecule has 0 saturated heterocycles. The number of anilines is 1. The first-order valence-electron chi connectivity index (χ1n) is 6.58. The van der Waals surface area contributed by atoms with Gasteiger partial charge in [0.15, 0.2) is 0 Å². The summed E-state index contributed by atoms with van der Waals surface area (Å²) in [5.41, 5.74) is 0.986. The molecule has 7 heteroatoms. The van der Waals surface area contributed by atoms with E-state index in [2.05, 4.69) is 12.4 Å². The largest absolute Gasteiger partial charge is 0.545 e. The van der Waals surface area contributed by atoms with Gasteiger partial charge in [-0.05, 0) is 17.0 Å². The minimum atomic E-state index is -1.21. The van der Waals surface area contributed by atoms with E-state index in [1.54, 1.807) is 12.1 Å². The number of aromatic carboxylic acids is 1. The van der Waals surface area contributed by atoms with E-state index in [0.717, 1.165) is 23.5 Å². The van der Waals surface area contributed by atoms with Crippen molar-refractivity contribution in [1.82, 2.24) is 0 Å². The Morgan fingerprint density at radius 1 is 1.43 bits per heavy atom. The van der Waals surface area contributed by atoms with Crippen LogP contribution in [-0.4, -0.2) is 25.5 Å². The molecule has 0 fully saturated rings. The quantitative estimate of drug-likeness (QED) is 0.835. The van der Waals surface area contributed by atoms with Crippen LogP contribution < -0.4 is 15.3 Å². The van der Waals surface area contributed by atoms with Crippen molar-refractivity contribution < 1.29 is 19.6 Å². The molecular formula is C14H14N2O3S2. The van der Waals surface area contributed by atoms with Gasteiger partial charge in [-0.2, -0.15) is 0 Å². The molecule has 0 radical (unpaired) electrons. The predicted octanol–water partition coefficient (Wildman–Crippen LogP) is -0.00380. The highest BCUT2D eigenvalue weighted by Gasteiger charge is 2.26. The van der Waals surface area contributed by atoms with Gasteiger partial charge in [0.25, 0.3) is 5.91 Å². The van der Waals surface area contributed by atoms with Gasteiger partial charge in [0.2, 0.25) is 0 Å². The first kappa shape index (κ1) is 14.2. The lowest BCUT2D eigenvalue weighted by Gasteiger charge is -2.20. The molecule has 110 valence electrons. The predicted molar refractivity (Wildman–Crippen MR) is 80.1 cm³/mol. The third-order valence-electron chi connectivity index (χ3n) is 3.53. The maximum Gasteiger partial charge on any atom is 0.266 e. The number of carbonyl (C=O) groups is 2. The molecule has 0 aromatic carbocycles. The smallest absolute Gasteiger partial charge is 0.266 e. The number of hydrogen-bond acceptors (Lipinski definition) is 5. The van der Waals surface area contributed by atoms with Gasteiger partial charge in [-0.1, -0.05) is 6.07 Å². The molecule has 1 aliphatic heterocycles. The van der Waals surface area contributed by atoms with Crippen LogP contribution in [0.1, 0.15) is 30.5 Å². The Kier molecular flexibility index (Phi) is 3.79. The molecular weight excluding hydrogens is 308 g/mol. The van der Waals surface area contributed by atoms with Crippen molar-refractivity contribution >= 4 is 39.6 Å². The van der Waals surface area contributed by atoms with Gasteiger partial charge in [0, 0.05) is 12.0 Å². The van der Waals surface area contributed by atoms with E-state index >= 15 is 0 Å². The molecule has 3 rings (SSSR count). The van der Waals surface area contributed by atoms with Crippen molar-refractivity contribution in [1.29, 1.82) is 0 Å². The van der Waals surface area contributed by atoms with E-state index in [-0.39, 0.29) is 11.5 Å². The average Bonchev–Trinajstić information content (AvgIpc) is 3.04. The van der Waals surface area contributed by atoms with Crippen LogP contribution in [0.3, 0.4) is 0 Å². The minimum absolute atomic E-state index is 0.160. The Bertz CT molecular complexity index is 691. The molecule has 0 aliphatic carbocycles. The molecule has 1 unspecified atom stereocenters. The number of carboxylic acid groups (broad SMARTS) is 1. The van der Waals surface area contributed by atoms with Crippen LogP contribution in [0.15, 0.2) is 17.5 Å². The summed E-state index contributed by atoms with van der Waals surface area (Å²) in [6.07, 6.45) is 0.704. The molecule has 1 aliphatic rings. The zero-order valence-electron chi connectivity index (χ0n) is 11.4. The van der Waals surface area contributed by atoms with Crippen molar-refractivity contribution in [2.75, 3.05) is 18.9 Å². The fourth-order valence-corrected chi connectivity index (χ4v) is 4.46. The van der Waals surface area contributed by atoms with Gasteiger partial charge >= 0.3 is 0 Å². The highest BCUT2D eigenvalue weighted by molar-refractivity contribution is 7.17. The van der Waals surface area contributed by atoms with Crippen molar-refractivity contribution in [2.45, 2.75) is 13.0 Å². The fraction of sp³-hybridized carbons (Fsp3) is 0.286. The van der Waals surface area contributed by atoms with E-state index in [4.69, 9.17) is 0 Å². The zero-order chi connectivity index (χ0) is 15.0. The molecule has 2 N–H and O–H groups in total. The Balaban J connectivity index is 1.95. The molecule has 2 aromatic rings. The number of carbonyl (C=O) groups excluding carboxylic acids is 2. The summed E-state index contributed by atoms with van der Waals surface area (Å²) < 4.78 is 0. The third kappa shape index (κ3) is 2.72. The summed E-state index contributed by atoms with van der Waals surface area (Å²) in [6.45, 7) is 1.68. The van der Waals surface area contributed by atoms with Gasteiger partial charge in [0.1, 0.15) is 11.5 Å². The van der Waals surface area contributed by atoms with Crippen LogP contribution in [0.25, 0.3) is 0 Å². The van der Waals surface area contributed by atoms with Crippen molar-refractivity contribution in [2.24, 2.45) is 0 Å². The Morgan fingerprint density at radius 3 is 2.90 bits per heavy atom. The third-order valence-corrected chi connectivity index (χ3v) is 5.55. The van der Waals surface area contributed by atoms with E-state index in [0.29, 0.717) is 16.3 Å². The normalized spacial score (nSPS) is 17.3. The van der Waals surface area contributed by atoms with Gasteiger partial charge in [-0.15, -0.1) is 22.7 Å². The van der Waals surface area contributed by atoms with Crippen LogP contribution in [0.2, 0.25) is 0 Å². The number of thiophene rings is 2. The number of fused-ring (bicyclic) bond motifs is 1. The summed E-state index contributed by atoms with van der Waals surface area (Å²) in [4.78, 5) is 26.5. The first-order chi connectivity index (χ1) is 10.1. The summed E-state index contributed by atoms with van der Waals surface area (Å²) in [7, 11) is 2.07. The Labute approximate surface area is 129 Å². The number of amides is 1. The standard InChI is InChI=1S/C14H14N2O3S2/c1-16-5-4-8-10(7-16)21-13(11(8)14(18)19)15-12(17)9-3-2-6-20-9/h2-3,6H,4-5,7H2,1H3,(H,15,17)(H,18,19). The highest BCUT2D eigenvalue weighted by Crippen LogP contribution is 2.34. The lowest BCUT2D eigenvalue weighted by Crippen LogP contribution is -3.08. The van der Waals surface area contributed by atoms with Gasteiger partial charge in [-0.3, -0.25) is 4.79 Å². The van der Waals surface area contributed by atoms with E-state index in [1.165, 1.54) is 27.6 Å². The number of hydrogen-bond donors (Lipinski definition) is 2. The fourth-order valence-electron chi connectivity index (χ4n) is 2.50. The number of rotatable bonds is 3. The first-order valence-corrected chi connectivity index (χ1v) is 8.28. The zero-order valence-corrected chi connectivity index (χ0v) is 13.0. The number of likely N-dealkylation sites (N-methyl/N-ethyl adjacent to an activating group) is 1. The second-order valence-corrected chi connectivity index (χ2v) is 7.11. The maximum absolute atomic E-state index is 12.1. The Morgan fingerprint density at radius 2 is 2.24 bits per heavy atom. The van der Waals surface area contributed by atoms with Gasteiger partial charge in [-0.25, -0.2) is 0 Å². The van der Waals surface area contributed by atoms with Crippen LogP contribution in [0, 0.1) is 0 Å². The Hall–Kier alpha value is -1.70. The second-order valence-electron chi connectivity index (χ2n) is 5.06. The average molecular weight is 322 g/mol. The lowest BCUT2D eigenvalue weighted by molar-refractivity contribution is -0.895. The molecule has 5 nitrogen and oxygen atoms in total. The highest BCUT2D eigenvalue weighted by atomic mass is 32.1. The van der Waals surface area contributed by atoms with E-state index < -0.39 is 5.97 Å². The van der Waals surface area contributed by atoms with Crippen molar-refractivity contribution in [3.63, 3.8) is 0 Å². The summed E-state index contributed by atoms with van der Waals surface area (Å²) in [5.74, 6) is -1.49. The summed E-state index contributed by atoms with van der Waals surface area (Å²) in [5, 5.41) is 16.4. The molecule has 21 heavy (non-hydrogen) atoms. The second kappa shape index (κ2) is 5.59. The summed E-state index contributed by atoms with van der Waals surface area (Å²) in [6, 6.07) is 3.50. The van der Waals surface area contributed by atoms with Crippen molar-refractivity contribution in [3.05, 3.63) is 38.4 Å². The van der Waals surface area contributed by atoms with Gasteiger partial charge in [0.05, 0.1) is 29.3 Å². The van der Waals surface area contributed by atoms with Crippen LogP contribution in [0.5, 0.6) is 0 Å². The number of quaternary nitrogens is 1. The number of nitrogens with one attached hydrogen (secondary N) is 2. The molecule has 2 aromatic heterocycles. The lowest BCUT2D eigenvalue weighted by atomic mass is 10.0. The minimum Gasteiger partial charge on any atom is -0.545 e. The number of carboxylic acids is 1. The topological polar surface area (TPSA) is 73.7 Å². The summed E-state index contributed by atoms with van der Waals surface area (Å²) >= 11 is 2.68. The molecule has 0 saturated carbocycles. The van der Waals surface area contributed by atoms with Crippen molar-refractivity contribution in [3.8, 4) is 0 Å². The van der Waals surface area contributed by atoms with Gasteiger partial charge < -0.3 is 20.1 Å². The van der Waals surface area contributed by atoms with E-state index in [9.17, 15) is 14.7 Å². The van der Waals surface area contributed by atoms with Crippen LogP contribution >= 0.6 is 22.7 Å². The molecule has 0 spiro atoms. The maximum atomic E-state index is 12.1. The molecule has 1 amide bonds. The van der Waals surface area contributed by atoms with E-state index in [1.807, 2.05) is 5.38 Å². The van der Waals surface area contributed by atoms with Crippen LogP contribution in [0.4, 0.5) is 5.00 Å². The molecule has 1 atom stereocenters. The monoisotopic (exact) mass is 322 g/mol. The SMILES string of the molecule is C[NH+]1CCc2c(sc(NC(=O)c3cccs3)c2C(=O)[O-])C1. The molecule has 0 bridgehead atoms.